The molecule has 3 nitrogen and oxygen atoms in total. The number of fused-ring (bicyclic) bond motifs is 5. The first-order valence-electron chi connectivity index (χ1n) is 11.3. The second-order valence-corrected chi connectivity index (χ2v) is 9.57. The van der Waals surface area contributed by atoms with E-state index < -0.39 is 0 Å². The monoisotopic (exact) mass is 371 g/mol. The molecule has 3 aliphatic carbocycles. The van der Waals surface area contributed by atoms with E-state index in [0.29, 0.717) is 29.7 Å². The molecule has 0 spiro atoms. The molecule has 3 N–H and O–H groups in total. The van der Waals surface area contributed by atoms with Crippen molar-refractivity contribution in [3.05, 3.63) is 29.3 Å². The van der Waals surface area contributed by atoms with Gasteiger partial charge in [0.15, 0.2) is 0 Å². The Kier molecular flexibility index (Phi) is 5.80. The first kappa shape index (κ1) is 19.3. The van der Waals surface area contributed by atoms with Crippen molar-refractivity contribution in [2.24, 2.45) is 17.3 Å². The topological polar surface area (TPSA) is 52.5 Å². The summed E-state index contributed by atoms with van der Waals surface area (Å²) < 4.78 is 0. The van der Waals surface area contributed by atoms with Gasteiger partial charge >= 0.3 is 0 Å². The number of phenols is 1. The molecule has 0 radical (unpaired) electrons. The molecule has 3 aliphatic rings. The fraction of sp³-hybridized carbons (Fsp3) is 0.750. The smallest absolute Gasteiger partial charge is 0.115 e. The normalized spacial score (nSPS) is 34.7. The van der Waals surface area contributed by atoms with Gasteiger partial charge in [-0.25, -0.2) is 0 Å². The number of rotatable bonds is 7. The number of aliphatic hydroxyl groups excluding tert-OH is 1. The van der Waals surface area contributed by atoms with Gasteiger partial charge in [-0.2, -0.15) is 0 Å². The number of unbranched alkanes of at least 4 members (excludes halogenated alkanes) is 3. The third-order valence-corrected chi connectivity index (χ3v) is 8.19. The summed E-state index contributed by atoms with van der Waals surface area (Å²) in [6.07, 6.45) is 12.4. The van der Waals surface area contributed by atoms with Crippen LogP contribution in [0.2, 0.25) is 0 Å². The maximum absolute atomic E-state index is 9.84. The van der Waals surface area contributed by atoms with Gasteiger partial charge in [0, 0.05) is 12.6 Å². The number of aromatic hydroxyl groups is 1. The van der Waals surface area contributed by atoms with Gasteiger partial charge in [0.05, 0.1) is 0 Å². The van der Waals surface area contributed by atoms with Crippen LogP contribution >= 0.6 is 0 Å². The standard InChI is InChI=1S/C24H37NO2/c1-24-13-12-20-19-9-7-18(27)16-17(19)6-8-21(20)22(24)10-11-23(24)25-14-4-2-3-5-15-26/h7,9,16,20-23,25-27H,2-6,8,10-15H2,1H3/t20-,21+,22+,23+,24+/m1/s1. The molecule has 27 heavy (non-hydrogen) atoms. The molecule has 5 atom stereocenters. The van der Waals surface area contributed by atoms with Crippen molar-refractivity contribution < 1.29 is 10.2 Å². The van der Waals surface area contributed by atoms with Crippen LogP contribution in [-0.4, -0.2) is 29.4 Å². The SMILES string of the molecule is C[C@]12CC[C@@H]3c4ccc(O)cc4CC[C@@H]3[C@@H]1CC[C@@H]2NCCCCCCO. The molecule has 2 fully saturated rings. The fourth-order valence-corrected chi connectivity index (χ4v) is 6.77. The number of hydrogen-bond acceptors (Lipinski definition) is 3. The lowest BCUT2D eigenvalue weighted by Gasteiger charge is -2.51. The fourth-order valence-electron chi connectivity index (χ4n) is 6.77. The van der Waals surface area contributed by atoms with Gasteiger partial charge in [-0.15, -0.1) is 0 Å². The first-order valence-corrected chi connectivity index (χ1v) is 11.3. The number of phenolic OH excluding ortho intramolecular Hbond substituents is 1. The summed E-state index contributed by atoms with van der Waals surface area (Å²) in [5.41, 5.74) is 3.39. The Morgan fingerprint density at radius 3 is 2.78 bits per heavy atom. The Hall–Kier alpha value is -1.06. The predicted molar refractivity (Wildman–Crippen MR) is 110 cm³/mol. The number of benzene rings is 1. The van der Waals surface area contributed by atoms with Crippen LogP contribution in [0.25, 0.3) is 0 Å². The zero-order chi connectivity index (χ0) is 18.9. The Morgan fingerprint density at radius 2 is 1.93 bits per heavy atom. The summed E-state index contributed by atoms with van der Waals surface area (Å²) >= 11 is 0. The Bertz CT molecular complexity index is 645. The predicted octanol–water partition coefficient (Wildman–Crippen LogP) is 4.76. The van der Waals surface area contributed by atoms with Crippen LogP contribution in [-0.2, 0) is 6.42 Å². The number of nitrogens with one attached hydrogen (secondary N) is 1. The van der Waals surface area contributed by atoms with Crippen LogP contribution in [0.15, 0.2) is 18.2 Å². The largest absolute Gasteiger partial charge is 0.508 e. The molecule has 0 aliphatic heterocycles. The molecule has 0 saturated heterocycles. The number of aryl methyl sites for hydroxylation is 1. The summed E-state index contributed by atoms with van der Waals surface area (Å²) in [5.74, 6) is 2.82. The molecule has 0 unspecified atom stereocenters. The molecule has 3 heteroatoms. The zero-order valence-corrected chi connectivity index (χ0v) is 16.9. The van der Waals surface area contributed by atoms with Gasteiger partial charge in [0.25, 0.3) is 0 Å². The van der Waals surface area contributed by atoms with Gasteiger partial charge in [-0.3, -0.25) is 0 Å². The van der Waals surface area contributed by atoms with Gasteiger partial charge in [0.1, 0.15) is 5.75 Å². The third kappa shape index (κ3) is 3.65. The summed E-state index contributed by atoms with van der Waals surface area (Å²) in [4.78, 5) is 0. The summed E-state index contributed by atoms with van der Waals surface area (Å²) in [7, 11) is 0. The van der Waals surface area contributed by atoms with Crippen molar-refractivity contribution in [1.82, 2.24) is 5.32 Å². The van der Waals surface area contributed by atoms with Gasteiger partial charge in [-0.05, 0) is 104 Å². The molecule has 0 amide bonds. The molecular weight excluding hydrogens is 334 g/mol. The maximum atomic E-state index is 9.84. The molecule has 150 valence electrons. The van der Waals surface area contributed by atoms with Crippen molar-refractivity contribution >= 4 is 0 Å². The average molecular weight is 372 g/mol. The highest BCUT2D eigenvalue weighted by molar-refractivity contribution is 5.40. The van der Waals surface area contributed by atoms with Gasteiger partial charge in [-0.1, -0.05) is 25.8 Å². The molecule has 0 heterocycles. The summed E-state index contributed by atoms with van der Waals surface area (Å²) in [5, 5.41) is 22.7. The maximum Gasteiger partial charge on any atom is 0.115 e. The van der Waals surface area contributed by atoms with E-state index in [4.69, 9.17) is 5.11 Å². The van der Waals surface area contributed by atoms with Crippen LogP contribution < -0.4 is 5.32 Å². The van der Waals surface area contributed by atoms with E-state index in [2.05, 4.69) is 18.3 Å². The van der Waals surface area contributed by atoms with E-state index in [0.717, 1.165) is 37.6 Å². The van der Waals surface area contributed by atoms with E-state index in [-0.39, 0.29) is 0 Å². The minimum absolute atomic E-state index is 0.334. The average Bonchev–Trinajstić information content (AvgIpc) is 3.00. The second kappa shape index (κ2) is 8.13. The number of aliphatic hydroxyl groups is 1. The van der Waals surface area contributed by atoms with E-state index in [1.165, 1.54) is 56.1 Å². The van der Waals surface area contributed by atoms with Crippen molar-refractivity contribution in [3.8, 4) is 5.75 Å². The van der Waals surface area contributed by atoms with Crippen LogP contribution in [0.1, 0.15) is 81.8 Å². The Labute approximate surface area is 164 Å². The van der Waals surface area contributed by atoms with Crippen LogP contribution in [0.3, 0.4) is 0 Å². The highest BCUT2D eigenvalue weighted by atomic mass is 16.3. The van der Waals surface area contributed by atoms with Gasteiger partial charge in [0.2, 0.25) is 0 Å². The van der Waals surface area contributed by atoms with Crippen molar-refractivity contribution in [1.29, 1.82) is 0 Å². The van der Waals surface area contributed by atoms with Crippen LogP contribution in [0.5, 0.6) is 5.75 Å². The molecule has 1 aromatic carbocycles. The quantitative estimate of drug-likeness (QED) is 0.606. The second-order valence-electron chi connectivity index (χ2n) is 9.57. The highest BCUT2D eigenvalue weighted by Gasteiger charge is 2.54. The molecule has 2 saturated carbocycles. The lowest BCUT2D eigenvalue weighted by molar-refractivity contribution is 0.0412. The van der Waals surface area contributed by atoms with Crippen molar-refractivity contribution in [3.63, 3.8) is 0 Å². The van der Waals surface area contributed by atoms with E-state index in [1.807, 2.05) is 12.1 Å². The van der Waals surface area contributed by atoms with Gasteiger partial charge < -0.3 is 15.5 Å². The molecular formula is C24H37NO2. The van der Waals surface area contributed by atoms with E-state index in [9.17, 15) is 5.11 Å². The molecule has 4 rings (SSSR count). The molecule has 1 aromatic rings. The van der Waals surface area contributed by atoms with Crippen molar-refractivity contribution in [2.75, 3.05) is 13.2 Å². The van der Waals surface area contributed by atoms with Crippen molar-refractivity contribution in [2.45, 2.75) is 83.1 Å². The lowest BCUT2D eigenvalue weighted by atomic mass is 9.55. The Morgan fingerprint density at radius 1 is 1.07 bits per heavy atom. The minimum Gasteiger partial charge on any atom is -0.508 e. The van der Waals surface area contributed by atoms with Crippen LogP contribution in [0.4, 0.5) is 0 Å². The lowest BCUT2D eigenvalue weighted by Crippen LogP contribution is -2.48. The third-order valence-electron chi connectivity index (χ3n) is 8.19. The number of hydrogen-bond donors (Lipinski definition) is 3. The minimum atomic E-state index is 0.334. The van der Waals surface area contributed by atoms with E-state index in [1.54, 1.807) is 0 Å². The molecule has 0 bridgehead atoms. The highest BCUT2D eigenvalue weighted by Crippen LogP contribution is 2.60. The Balaban J connectivity index is 1.39. The summed E-state index contributed by atoms with van der Waals surface area (Å²) in [6.45, 7) is 4.03. The summed E-state index contributed by atoms with van der Waals surface area (Å²) in [6, 6.07) is 6.80. The van der Waals surface area contributed by atoms with E-state index >= 15 is 0 Å². The molecule has 0 aromatic heterocycles. The van der Waals surface area contributed by atoms with Crippen LogP contribution in [0, 0.1) is 17.3 Å². The zero-order valence-electron chi connectivity index (χ0n) is 16.9. The first-order chi connectivity index (χ1) is 13.1.